The number of hydrogen-bond donors (Lipinski definition) is 5. The molecule has 0 bridgehead atoms. The number of benzene rings is 4. The van der Waals surface area contributed by atoms with Gasteiger partial charge in [0.2, 0.25) is 0 Å². The first-order valence-corrected chi connectivity index (χ1v) is 19.7. The molecule has 0 saturated heterocycles. The maximum absolute atomic E-state index is 12.8. The molecule has 0 aromatic heterocycles. The molecule has 0 amide bonds. The number of azo groups is 2. The molecule has 27 heteroatoms. The lowest BCUT2D eigenvalue weighted by atomic mass is 10.1. The molecule has 0 atom stereocenters. The first kappa shape index (κ1) is 43.0. The van der Waals surface area contributed by atoms with Gasteiger partial charge >= 0.3 is 0 Å². The van der Waals surface area contributed by atoms with Crippen LogP contribution < -0.4 is 10.5 Å². The fourth-order valence-electron chi connectivity index (χ4n) is 4.27. The number of aromatic hydroxyl groups is 1. The zero-order valence-electron chi connectivity index (χ0n) is 27.1. The predicted octanol–water partition coefficient (Wildman–Crippen LogP) is 6.94. The molecule has 0 heterocycles. The molecule has 4 aromatic rings. The number of sulfone groups is 2. The Morgan fingerprint density at radius 3 is 1.89 bits per heavy atom. The number of fused-ring (bicyclic) bond motifs is 1. The van der Waals surface area contributed by atoms with Gasteiger partial charge in [-0.05, 0) is 54.6 Å². The predicted molar refractivity (Wildman–Crippen MR) is 189 cm³/mol. The van der Waals surface area contributed by atoms with E-state index in [2.05, 4.69) is 48.6 Å². The summed E-state index contributed by atoms with van der Waals surface area (Å²) < 4.78 is 78.2. The Morgan fingerprint density at radius 1 is 0.685 bits per heavy atom. The molecule has 0 aliphatic rings. The van der Waals surface area contributed by atoms with Crippen molar-refractivity contribution in [1.82, 2.24) is 0 Å². The number of anilines is 1. The molecule has 22 nitrogen and oxygen atoms in total. The Balaban J connectivity index is 1.62. The normalized spacial score (nSPS) is 12.4. The van der Waals surface area contributed by atoms with Crippen molar-refractivity contribution in [1.29, 1.82) is 0 Å². The molecular formula is C27H27N5O17S5. The van der Waals surface area contributed by atoms with Gasteiger partial charge in [0.15, 0.2) is 50.1 Å². The number of nitrogens with zero attached hydrogens (tertiary/aromatic N) is 4. The van der Waals surface area contributed by atoms with Gasteiger partial charge in [-0.25, -0.2) is 32.6 Å². The Morgan fingerprint density at radius 2 is 1.28 bits per heavy atom. The first-order valence-electron chi connectivity index (χ1n) is 14.3. The molecule has 4 rings (SSSR count). The minimum absolute atomic E-state index is 0.00524. The molecule has 54 heavy (non-hydrogen) atoms. The SMILES string of the molecule is COc1cc(S(=O)(=O)CCOSOOO)ccc1N=Nc1c(SOOO)cc2c(N=Nc3ccc(S(=O)(=O)CCOSOOO)cc3)c(N)ccc2c1O. The van der Waals surface area contributed by atoms with Crippen LogP contribution in [0.1, 0.15) is 0 Å². The van der Waals surface area contributed by atoms with Crippen LogP contribution in [-0.2, 0) is 56.2 Å². The maximum Gasteiger partial charge on any atom is 0.197 e. The molecular weight excluding hydrogens is 827 g/mol. The highest BCUT2D eigenvalue weighted by Crippen LogP contribution is 2.48. The third-order valence-electron chi connectivity index (χ3n) is 6.70. The Kier molecular flexibility index (Phi) is 16.6. The number of ether oxygens (including phenoxy) is 1. The second kappa shape index (κ2) is 20.8. The molecule has 0 saturated carbocycles. The van der Waals surface area contributed by atoms with Gasteiger partial charge in [0.25, 0.3) is 0 Å². The Hall–Kier alpha value is -3.75. The van der Waals surface area contributed by atoms with Crippen molar-refractivity contribution in [3.63, 3.8) is 0 Å². The third kappa shape index (κ3) is 11.6. The highest BCUT2D eigenvalue weighted by molar-refractivity contribution is 7.94. The van der Waals surface area contributed by atoms with E-state index in [1.165, 1.54) is 67.8 Å². The second-order valence-electron chi connectivity index (χ2n) is 9.83. The van der Waals surface area contributed by atoms with Crippen LogP contribution in [0.15, 0.2) is 95.8 Å². The quantitative estimate of drug-likeness (QED) is 0.0133. The summed E-state index contributed by atoms with van der Waals surface area (Å²) in [5, 5.41) is 63.9. The summed E-state index contributed by atoms with van der Waals surface area (Å²) in [6.07, 6.45) is 0. The lowest BCUT2D eigenvalue weighted by Crippen LogP contribution is -2.11. The van der Waals surface area contributed by atoms with Crippen molar-refractivity contribution in [2.45, 2.75) is 14.7 Å². The van der Waals surface area contributed by atoms with Gasteiger partial charge < -0.3 is 15.6 Å². The second-order valence-corrected chi connectivity index (χ2v) is 15.8. The number of methoxy groups -OCH3 is 1. The van der Waals surface area contributed by atoms with E-state index in [0.29, 0.717) is 12.0 Å². The van der Waals surface area contributed by atoms with Crippen LogP contribution in [0.4, 0.5) is 28.4 Å². The number of nitrogens with two attached hydrogens (primary N) is 1. The average molecular weight is 854 g/mol. The first-order chi connectivity index (χ1) is 25.9. The molecule has 4 aromatic carbocycles. The number of rotatable bonds is 22. The lowest BCUT2D eigenvalue weighted by molar-refractivity contribution is -0.434. The van der Waals surface area contributed by atoms with Crippen LogP contribution in [0, 0.1) is 0 Å². The minimum atomic E-state index is -3.87. The van der Waals surface area contributed by atoms with Crippen molar-refractivity contribution in [2.75, 3.05) is 37.6 Å². The van der Waals surface area contributed by atoms with Crippen molar-refractivity contribution in [3.8, 4) is 11.5 Å². The Bertz CT molecular complexity index is 2160. The van der Waals surface area contributed by atoms with Crippen LogP contribution in [0.5, 0.6) is 11.5 Å². The molecule has 0 radical (unpaired) electrons. The van der Waals surface area contributed by atoms with Gasteiger partial charge in [-0.3, -0.25) is 8.37 Å². The van der Waals surface area contributed by atoms with E-state index in [0.717, 1.165) is 0 Å². The van der Waals surface area contributed by atoms with Crippen LogP contribution in [0.3, 0.4) is 0 Å². The van der Waals surface area contributed by atoms with E-state index in [4.69, 9.17) is 34.6 Å². The summed E-state index contributed by atoms with van der Waals surface area (Å²) in [5.74, 6) is -1.29. The third-order valence-corrected chi connectivity index (χ3v) is 11.5. The van der Waals surface area contributed by atoms with Crippen molar-refractivity contribution in [2.24, 2.45) is 20.5 Å². The molecule has 0 fully saturated rings. The van der Waals surface area contributed by atoms with E-state index in [9.17, 15) is 21.9 Å². The summed E-state index contributed by atoms with van der Waals surface area (Å²) in [6.45, 7) is -0.579. The van der Waals surface area contributed by atoms with Crippen LogP contribution in [0.2, 0.25) is 0 Å². The molecule has 0 aliphatic carbocycles. The fraction of sp³-hybridized carbons (Fsp3) is 0.185. The highest BCUT2D eigenvalue weighted by atomic mass is 32.2. The largest absolute Gasteiger partial charge is 0.505 e. The van der Waals surface area contributed by atoms with Gasteiger partial charge in [-0.1, -0.05) is 15.1 Å². The monoisotopic (exact) mass is 853 g/mol. The fourth-order valence-corrected chi connectivity index (χ4v) is 7.58. The van der Waals surface area contributed by atoms with Gasteiger partial charge in [0, 0.05) is 16.8 Å². The molecule has 0 spiro atoms. The maximum atomic E-state index is 12.8. The summed E-state index contributed by atoms with van der Waals surface area (Å²) >= 11 is 0.918. The average Bonchev–Trinajstić information content (AvgIpc) is 3.16. The van der Waals surface area contributed by atoms with Crippen LogP contribution >= 0.6 is 36.7 Å². The van der Waals surface area contributed by atoms with Gasteiger partial charge in [-0.2, -0.15) is 5.11 Å². The summed E-state index contributed by atoms with van der Waals surface area (Å²) in [7, 11) is -6.35. The molecule has 6 N–H and O–H groups in total. The van der Waals surface area contributed by atoms with E-state index < -0.39 is 36.9 Å². The molecule has 292 valence electrons. The van der Waals surface area contributed by atoms with E-state index >= 15 is 0 Å². The lowest BCUT2D eigenvalue weighted by Gasteiger charge is -2.12. The minimum Gasteiger partial charge on any atom is -0.505 e. The number of phenolic OH excluding ortho intramolecular Hbond substituents is 1. The Labute approximate surface area is 318 Å². The van der Waals surface area contributed by atoms with Crippen molar-refractivity contribution in [3.05, 3.63) is 60.7 Å². The van der Waals surface area contributed by atoms with E-state index in [-0.39, 0.29) is 97.5 Å². The van der Waals surface area contributed by atoms with Crippen molar-refractivity contribution < 1.29 is 78.9 Å². The van der Waals surface area contributed by atoms with Crippen LogP contribution in [-0.4, -0.2) is 69.5 Å². The van der Waals surface area contributed by atoms with Crippen molar-refractivity contribution >= 4 is 95.6 Å². The smallest absolute Gasteiger partial charge is 0.197 e. The van der Waals surface area contributed by atoms with E-state index in [1.807, 2.05) is 0 Å². The summed E-state index contributed by atoms with van der Waals surface area (Å²) in [4.78, 5) is -0.119. The summed E-state index contributed by atoms with van der Waals surface area (Å²) in [5.41, 5.74) is 6.58. The topological polar surface area (TPSA) is 308 Å². The van der Waals surface area contributed by atoms with Gasteiger partial charge in [0.05, 0.1) is 69.9 Å². The molecule has 0 unspecified atom stereocenters. The highest BCUT2D eigenvalue weighted by Gasteiger charge is 2.21. The number of nitrogen functional groups attached to an aromatic ring is 1. The zero-order valence-corrected chi connectivity index (χ0v) is 31.2. The van der Waals surface area contributed by atoms with Crippen LogP contribution in [0.25, 0.3) is 10.8 Å². The standard InChI is InChI=1S/C27H27N5O17S5/c1-41-23-14-18(54(39,40)13-11-43-52-49-46-36)6-9-22(23)30-32-26-24(50-47-44-34)15-20-19(27(26)33)7-8-21(28)25(20)31-29-16-2-4-17(5-3-16)53(37,38)12-10-42-51-48-45-35/h2-9,14-15,33-36H,10-13,28H2,1H3. The zero-order chi connectivity index (χ0) is 39.1. The summed E-state index contributed by atoms with van der Waals surface area (Å²) in [6, 6.07) is 13.6. The number of phenols is 1. The van der Waals surface area contributed by atoms with E-state index in [1.54, 1.807) is 0 Å². The van der Waals surface area contributed by atoms with Gasteiger partial charge in [0.1, 0.15) is 22.8 Å². The number of hydrogen-bond acceptors (Lipinski definition) is 25. The van der Waals surface area contributed by atoms with Gasteiger partial charge in [-0.15, -0.1) is 28.3 Å². The molecule has 0 aliphatic heterocycles.